The van der Waals surface area contributed by atoms with Crippen LogP contribution >= 0.6 is 0 Å². The normalized spacial score (nSPS) is 19.9. The summed E-state index contributed by atoms with van der Waals surface area (Å²) in [5.41, 5.74) is 2.24. The molecular formula is C14H20N2O3S. The maximum Gasteiger partial charge on any atom is 0.224 e. The van der Waals surface area contributed by atoms with Crippen LogP contribution in [-0.4, -0.2) is 31.0 Å². The average Bonchev–Trinajstić information content (AvgIpc) is 2.71. The van der Waals surface area contributed by atoms with E-state index in [0.29, 0.717) is 12.5 Å². The molecule has 0 aromatic heterocycles. The highest BCUT2D eigenvalue weighted by Gasteiger charge is 2.36. The quantitative estimate of drug-likeness (QED) is 0.906. The molecule has 1 aromatic carbocycles. The Balaban J connectivity index is 2.05. The SMILES string of the molecule is CC(C)c1ccc(CN2CC(S(N)(=O)=O)CC2=O)cc1. The topological polar surface area (TPSA) is 80.5 Å². The molecule has 0 aliphatic carbocycles. The van der Waals surface area contributed by atoms with Gasteiger partial charge in [-0.3, -0.25) is 4.79 Å². The maximum atomic E-state index is 11.8. The van der Waals surface area contributed by atoms with E-state index >= 15 is 0 Å². The van der Waals surface area contributed by atoms with Crippen molar-refractivity contribution in [3.63, 3.8) is 0 Å². The van der Waals surface area contributed by atoms with Gasteiger partial charge in [0.25, 0.3) is 0 Å². The lowest BCUT2D eigenvalue weighted by molar-refractivity contribution is -0.128. The van der Waals surface area contributed by atoms with Gasteiger partial charge >= 0.3 is 0 Å². The minimum atomic E-state index is -3.64. The number of carbonyl (C=O) groups excluding carboxylic acids is 1. The molecule has 1 amide bonds. The predicted octanol–water partition coefficient (Wildman–Crippen LogP) is 1.20. The molecule has 1 unspecified atom stereocenters. The molecule has 1 fully saturated rings. The molecule has 1 aromatic rings. The third kappa shape index (κ3) is 3.37. The Bertz CT molecular complexity index is 593. The molecule has 110 valence electrons. The van der Waals surface area contributed by atoms with Gasteiger partial charge < -0.3 is 4.90 Å². The second kappa shape index (κ2) is 5.54. The van der Waals surface area contributed by atoms with Crippen molar-refractivity contribution >= 4 is 15.9 Å². The minimum absolute atomic E-state index is 0.0110. The molecule has 2 N–H and O–H groups in total. The highest BCUT2D eigenvalue weighted by molar-refractivity contribution is 7.89. The molecule has 6 heteroatoms. The van der Waals surface area contributed by atoms with Crippen LogP contribution in [0.3, 0.4) is 0 Å². The lowest BCUT2D eigenvalue weighted by atomic mass is 10.0. The van der Waals surface area contributed by atoms with Crippen LogP contribution in [0, 0.1) is 0 Å². The number of primary sulfonamides is 1. The van der Waals surface area contributed by atoms with Crippen LogP contribution in [0.4, 0.5) is 0 Å². The van der Waals surface area contributed by atoms with Crippen LogP contribution in [0.5, 0.6) is 0 Å². The first kappa shape index (κ1) is 15.0. The number of hydrogen-bond acceptors (Lipinski definition) is 3. The molecule has 20 heavy (non-hydrogen) atoms. The summed E-state index contributed by atoms with van der Waals surface area (Å²) in [5, 5.41) is 4.33. The Morgan fingerprint density at radius 2 is 1.90 bits per heavy atom. The van der Waals surface area contributed by atoms with E-state index in [9.17, 15) is 13.2 Å². The van der Waals surface area contributed by atoms with Crippen molar-refractivity contribution in [1.82, 2.24) is 4.90 Å². The number of nitrogens with zero attached hydrogens (tertiary/aromatic N) is 1. The minimum Gasteiger partial charge on any atom is -0.337 e. The number of rotatable bonds is 4. The Morgan fingerprint density at radius 1 is 1.30 bits per heavy atom. The van der Waals surface area contributed by atoms with Crippen LogP contribution in [0.15, 0.2) is 24.3 Å². The van der Waals surface area contributed by atoms with E-state index in [-0.39, 0.29) is 18.9 Å². The van der Waals surface area contributed by atoms with Gasteiger partial charge in [-0.2, -0.15) is 0 Å². The molecule has 1 atom stereocenters. The lowest BCUT2D eigenvalue weighted by Gasteiger charge is -2.17. The maximum absolute atomic E-state index is 11.8. The molecule has 5 nitrogen and oxygen atoms in total. The number of sulfonamides is 1. The van der Waals surface area contributed by atoms with Crippen molar-refractivity contribution in [2.24, 2.45) is 5.14 Å². The van der Waals surface area contributed by atoms with Crippen LogP contribution in [0.2, 0.25) is 0 Å². The zero-order chi connectivity index (χ0) is 14.9. The van der Waals surface area contributed by atoms with Gasteiger partial charge in [0.1, 0.15) is 5.25 Å². The molecule has 1 heterocycles. The van der Waals surface area contributed by atoms with Crippen LogP contribution in [0.25, 0.3) is 0 Å². The van der Waals surface area contributed by atoms with Crippen molar-refractivity contribution in [2.45, 2.75) is 38.0 Å². The van der Waals surface area contributed by atoms with Gasteiger partial charge in [-0.25, -0.2) is 13.6 Å². The summed E-state index contributed by atoms with van der Waals surface area (Å²) in [6.45, 7) is 4.86. The molecule has 0 saturated carbocycles. The first-order valence-electron chi connectivity index (χ1n) is 6.65. The van der Waals surface area contributed by atoms with Gasteiger partial charge in [-0.05, 0) is 17.0 Å². The summed E-state index contributed by atoms with van der Waals surface area (Å²) in [7, 11) is -3.64. The van der Waals surface area contributed by atoms with Crippen molar-refractivity contribution in [3.8, 4) is 0 Å². The smallest absolute Gasteiger partial charge is 0.224 e. The number of hydrogen-bond donors (Lipinski definition) is 1. The standard InChI is InChI=1S/C14H20N2O3S/c1-10(2)12-5-3-11(4-6-12)8-16-9-13(7-14(16)17)20(15,18)19/h3-6,10,13H,7-9H2,1-2H3,(H2,15,18,19). The van der Waals surface area contributed by atoms with Crippen molar-refractivity contribution in [3.05, 3.63) is 35.4 Å². The summed E-state index contributed by atoms with van der Waals surface area (Å²) in [5.74, 6) is 0.307. The Hall–Kier alpha value is -1.40. The number of carbonyl (C=O) groups is 1. The van der Waals surface area contributed by atoms with Crippen LogP contribution < -0.4 is 5.14 Å². The summed E-state index contributed by atoms with van der Waals surface area (Å²) in [6, 6.07) is 8.04. The van der Waals surface area contributed by atoms with Crippen LogP contribution in [-0.2, 0) is 21.4 Å². The highest BCUT2D eigenvalue weighted by Crippen LogP contribution is 2.20. The average molecular weight is 296 g/mol. The molecule has 0 radical (unpaired) electrons. The number of amides is 1. The fraction of sp³-hybridized carbons (Fsp3) is 0.500. The molecule has 1 aliphatic heterocycles. The second-order valence-corrected chi connectivity index (χ2v) is 7.43. The van der Waals surface area contributed by atoms with Gasteiger partial charge in [0.2, 0.25) is 15.9 Å². The van der Waals surface area contributed by atoms with Crippen molar-refractivity contribution in [1.29, 1.82) is 0 Å². The fourth-order valence-electron chi connectivity index (χ4n) is 2.34. The number of benzene rings is 1. The lowest BCUT2D eigenvalue weighted by Crippen LogP contribution is -2.31. The van der Waals surface area contributed by atoms with E-state index in [4.69, 9.17) is 5.14 Å². The molecule has 0 bridgehead atoms. The zero-order valence-electron chi connectivity index (χ0n) is 11.7. The summed E-state index contributed by atoms with van der Waals surface area (Å²) >= 11 is 0. The van der Waals surface area contributed by atoms with Crippen molar-refractivity contribution < 1.29 is 13.2 Å². The molecule has 0 spiro atoms. The van der Waals surface area contributed by atoms with Gasteiger partial charge in [-0.15, -0.1) is 0 Å². The summed E-state index contributed by atoms with van der Waals surface area (Å²) in [4.78, 5) is 13.4. The van der Waals surface area contributed by atoms with Gasteiger partial charge in [-0.1, -0.05) is 38.1 Å². The monoisotopic (exact) mass is 296 g/mol. The molecule has 2 rings (SSSR count). The molecular weight excluding hydrogens is 276 g/mol. The van der Waals surface area contributed by atoms with E-state index in [1.165, 1.54) is 5.56 Å². The summed E-state index contributed by atoms with van der Waals surface area (Å²) < 4.78 is 22.6. The second-order valence-electron chi connectivity index (χ2n) is 5.59. The number of likely N-dealkylation sites (tertiary alicyclic amines) is 1. The fourth-order valence-corrected chi connectivity index (χ4v) is 3.10. The number of nitrogens with two attached hydrogens (primary N) is 1. The Labute approximate surface area is 119 Å². The first-order chi connectivity index (χ1) is 9.27. The van der Waals surface area contributed by atoms with Crippen LogP contribution in [0.1, 0.15) is 37.3 Å². The first-order valence-corrected chi connectivity index (χ1v) is 8.26. The highest BCUT2D eigenvalue weighted by atomic mass is 32.2. The van der Waals surface area contributed by atoms with E-state index in [0.717, 1.165) is 5.56 Å². The van der Waals surface area contributed by atoms with Gasteiger partial charge in [0.15, 0.2) is 0 Å². The van der Waals surface area contributed by atoms with Gasteiger partial charge in [0.05, 0.1) is 0 Å². The predicted molar refractivity (Wildman–Crippen MR) is 77.5 cm³/mol. The Kier molecular flexibility index (Phi) is 4.15. The third-order valence-electron chi connectivity index (χ3n) is 3.66. The van der Waals surface area contributed by atoms with E-state index in [1.807, 2.05) is 24.3 Å². The van der Waals surface area contributed by atoms with E-state index in [2.05, 4.69) is 13.8 Å². The Morgan fingerprint density at radius 3 is 2.35 bits per heavy atom. The van der Waals surface area contributed by atoms with E-state index < -0.39 is 15.3 Å². The summed E-state index contributed by atoms with van der Waals surface area (Å²) in [6.07, 6.45) is -0.0110. The largest absolute Gasteiger partial charge is 0.337 e. The van der Waals surface area contributed by atoms with E-state index in [1.54, 1.807) is 4.90 Å². The van der Waals surface area contributed by atoms with Crippen molar-refractivity contribution in [2.75, 3.05) is 6.54 Å². The molecule has 1 aliphatic rings. The van der Waals surface area contributed by atoms with Gasteiger partial charge in [0, 0.05) is 19.5 Å². The third-order valence-corrected chi connectivity index (χ3v) is 4.91. The zero-order valence-corrected chi connectivity index (χ0v) is 12.6. The molecule has 1 saturated heterocycles.